The van der Waals surface area contributed by atoms with Gasteiger partial charge in [0.2, 0.25) is 5.91 Å². The van der Waals surface area contributed by atoms with E-state index < -0.39 is 9.84 Å². The van der Waals surface area contributed by atoms with Gasteiger partial charge >= 0.3 is 0 Å². The molecule has 4 aliphatic rings. The number of nitrogens with one attached hydrogen (secondary N) is 2. The zero-order valence-corrected chi connectivity index (χ0v) is 19.4. The lowest BCUT2D eigenvalue weighted by Crippen LogP contribution is -2.41. The van der Waals surface area contributed by atoms with Crippen LogP contribution in [0.2, 0.25) is 0 Å². The van der Waals surface area contributed by atoms with E-state index in [1.54, 1.807) is 0 Å². The van der Waals surface area contributed by atoms with E-state index in [1.165, 1.54) is 12.8 Å². The van der Waals surface area contributed by atoms with Gasteiger partial charge in [-0.1, -0.05) is 0 Å². The molecule has 0 aromatic rings. The number of likely N-dealkylation sites (tertiary alicyclic amines) is 1. The largest absolute Gasteiger partial charge is 0.374 e. The van der Waals surface area contributed by atoms with Gasteiger partial charge in [0.15, 0.2) is 15.8 Å². The Morgan fingerprint density at radius 3 is 2.43 bits per heavy atom. The Morgan fingerprint density at radius 1 is 1.18 bits per heavy atom. The molecule has 8 nitrogen and oxygen atoms in total. The van der Waals surface area contributed by atoms with Crippen LogP contribution in [-0.2, 0) is 19.4 Å². The number of hydrogen-bond donors (Lipinski definition) is 2. The van der Waals surface area contributed by atoms with E-state index in [9.17, 15) is 13.2 Å². The molecule has 5 atom stereocenters. The third kappa shape index (κ3) is 4.75. The number of hydrogen-bond acceptors (Lipinski definition) is 5. The van der Waals surface area contributed by atoms with Crippen LogP contribution in [0.1, 0.15) is 32.6 Å². The highest BCUT2D eigenvalue weighted by molar-refractivity contribution is 14.0. The van der Waals surface area contributed by atoms with Crippen molar-refractivity contribution in [3.63, 3.8) is 0 Å². The van der Waals surface area contributed by atoms with Crippen LogP contribution in [0.3, 0.4) is 0 Å². The van der Waals surface area contributed by atoms with Crippen LogP contribution in [0.4, 0.5) is 0 Å². The lowest BCUT2D eigenvalue weighted by atomic mass is 9.82. The summed E-state index contributed by atoms with van der Waals surface area (Å²) in [5.74, 6) is 2.21. The first-order chi connectivity index (χ1) is 12.9. The first-order valence-electron chi connectivity index (χ1n) is 10.1. The molecule has 0 aromatic heterocycles. The van der Waals surface area contributed by atoms with Crippen molar-refractivity contribution in [3.8, 4) is 0 Å². The average molecular weight is 526 g/mol. The van der Waals surface area contributed by atoms with Gasteiger partial charge in [0.1, 0.15) is 0 Å². The van der Waals surface area contributed by atoms with Gasteiger partial charge in [0.05, 0.1) is 30.3 Å². The van der Waals surface area contributed by atoms with Gasteiger partial charge in [-0.15, -0.1) is 24.0 Å². The summed E-state index contributed by atoms with van der Waals surface area (Å²) in [7, 11) is -2.97. The van der Waals surface area contributed by atoms with E-state index >= 15 is 0 Å². The van der Waals surface area contributed by atoms with Gasteiger partial charge in [-0.05, 0) is 26.2 Å². The third-order valence-electron chi connectivity index (χ3n) is 6.29. The van der Waals surface area contributed by atoms with Crippen LogP contribution >= 0.6 is 24.0 Å². The fourth-order valence-electron chi connectivity index (χ4n) is 5.03. The highest BCUT2D eigenvalue weighted by Crippen LogP contribution is 2.47. The molecule has 160 valence electrons. The minimum absolute atomic E-state index is 0. The maximum Gasteiger partial charge on any atom is 0.222 e. The summed E-state index contributed by atoms with van der Waals surface area (Å²) in [6.07, 6.45) is 4.00. The predicted octanol–water partition coefficient (Wildman–Crippen LogP) is 0.373. The maximum absolute atomic E-state index is 12.1. The molecule has 0 aromatic carbocycles. The molecule has 0 spiro atoms. The van der Waals surface area contributed by atoms with Gasteiger partial charge < -0.3 is 20.3 Å². The highest BCUT2D eigenvalue weighted by atomic mass is 127. The van der Waals surface area contributed by atoms with Gasteiger partial charge in [0, 0.05) is 43.9 Å². The first-order valence-corrected chi connectivity index (χ1v) is 12.0. The van der Waals surface area contributed by atoms with E-state index in [0.717, 1.165) is 25.6 Å². The van der Waals surface area contributed by atoms with Gasteiger partial charge in [-0.25, -0.2) is 8.42 Å². The number of carbonyl (C=O) groups is 1. The fraction of sp³-hybridized carbons (Fsp3) is 0.889. The predicted molar refractivity (Wildman–Crippen MR) is 118 cm³/mol. The lowest BCUT2D eigenvalue weighted by molar-refractivity contribution is -0.121. The summed E-state index contributed by atoms with van der Waals surface area (Å²) in [5, 5.41) is 6.17. The van der Waals surface area contributed by atoms with E-state index in [4.69, 9.17) is 4.74 Å². The van der Waals surface area contributed by atoms with E-state index in [1.807, 2.05) is 6.92 Å². The highest BCUT2D eigenvalue weighted by Gasteiger charge is 2.53. The number of carbonyl (C=O) groups excluding carboxylic acids is 1. The Balaban J connectivity index is 0.00000225. The van der Waals surface area contributed by atoms with Gasteiger partial charge in [0.25, 0.3) is 0 Å². The van der Waals surface area contributed by atoms with Crippen molar-refractivity contribution in [2.24, 2.45) is 16.8 Å². The molecule has 4 heterocycles. The number of nitrogens with zero attached hydrogens (tertiary/aromatic N) is 2. The molecule has 1 amide bonds. The Labute approximate surface area is 184 Å². The van der Waals surface area contributed by atoms with E-state index in [2.05, 4.69) is 20.5 Å². The second-order valence-corrected chi connectivity index (χ2v) is 10.4. The average Bonchev–Trinajstić information content (AvgIpc) is 3.35. The molecule has 2 N–H and O–H groups in total. The summed E-state index contributed by atoms with van der Waals surface area (Å²) in [5.41, 5.74) is 0. The van der Waals surface area contributed by atoms with E-state index in [-0.39, 0.29) is 53.9 Å². The molecule has 5 unspecified atom stereocenters. The Bertz CT molecular complexity index is 698. The quantitative estimate of drug-likeness (QED) is 0.305. The number of halogens is 1. The number of guanidine groups is 1. The number of amides is 1. The maximum atomic E-state index is 12.1. The van der Waals surface area contributed by atoms with E-state index in [0.29, 0.717) is 37.0 Å². The Morgan fingerprint density at radius 2 is 1.86 bits per heavy atom. The van der Waals surface area contributed by atoms with Crippen molar-refractivity contribution in [3.05, 3.63) is 0 Å². The molecule has 4 saturated heterocycles. The van der Waals surface area contributed by atoms with Crippen LogP contribution in [0.15, 0.2) is 4.99 Å². The zero-order chi connectivity index (χ0) is 19.0. The minimum Gasteiger partial charge on any atom is -0.374 e. The normalized spacial score (nSPS) is 35.5. The molecular weight excluding hydrogens is 495 g/mol. The van der Waals surface area contributed by atoms with Crippen molar-refractivity contribution in [1.29, 1.82) is 0 Å². The number of rotatable bonds is 5. The second-order valence-electron chi connectivity index (χ2n) is 8.18. The summed E-state index contributed by atoms with van der Waals surface area (Å²) >= 11 is 0. The first kappa shape index (κ1) is 22.1. The van der Waals surface area contributed by atoms with Crippen LogP contribution < -0.4 is 10.6 Å². The van der Waals surface area contributed by atoms with Crippen LogP contribution in [0.25, 0.3) is 0 Å². The molecule has 4 rings (SSSR count). The summed E-state index contributed by atoms with van der Waals surface area (Å²) < 4.78 is 29.0. The molecular formula is C18H31IN4O4S. The smallest absolute Gasteiger partial charge is 0.222 e. The molecule has 0 radical (unpaired) electrons. The number of ether oxygens (including phenoxy) is 1. The van der Waals surface area contributed by atoms with Crippen molar-refractivity contribution in [2.75, 3.05) is 37.7 Å². The summed E-state index contributed by atoms with van der Waals surface area (Å²) in [4.78, 5) is 19.1. The van der Waals surface area contributed by atoms with Crippen LogP contribution in [-0.4, -0.2) is 81.1 Å². The Kier molecular flexibility index (Phi) is 7.12. The minimum atomic E-state index is -2.97. The SMILES string of the molecule is CCNC(=NCCC(=O)NC1CCS(=O)(=O)C1)N1CC2C3CCC(O3)C2C1.I. The van der Waals surface area contributed by atoms with Gasteiger partial charge in [-0.2, -0.15) is 0 Å². The molecule has 2 bridgehead atoms. The molecule has 0 aliphatic carbocycles. The van der Waals surface area contributed by atoms with Crippen molar-refractivity contribution >= 4 is 45.7 Å². The summed E-state index contributed by atoms with van der Waals surface area (Å²) in [6, 6.07) is -0.242. The lowest BCUT2D eigenvalue weighted by Gasteiger charge is -2.23. The fourth-order valence-corrected chi connectivity index (χ4v) is 6.70. The molecule has 28 heavy (non-hydrogen) atoms. The number of sulfone groups is 1. The molecule has 4 fully saturated rings. The monoisotopic (exact) mass is 526 g/mol. The third-order valence-corrected chi connectivity index (χ3v) is 8.05. The summed E-state index contributed by atoms with van der Waals surface area (Å²) in [6.45, 7) is 5.20. The standard InChI is InChI=1S/C18H30N4O4S.HI/c1-2-19-18(22-9-13-14(10-22)16-4-3-15(13)26-16)20-7-5-17(23)21-12-6-8-27(24,25)11-12;/h12-16H,2-11H2,1H3,(H,19,20)(H,21,23);1H. The molecule has 0 saturated carbocycles. The zero-order valence-electron chi connectivity index (χ0n) is 16.3. The van der Waals surface area contributed by atoms with Crippen molar-refractivity contribution in [2.45, 2.75) is 50.9 Å². The van der Waals surface area contributed by atoms with Crippen molar-refractivity contribution < 1.29 is 17.9 Å². The van der Waals surface area contributed by atoms with Gasteiger partial charge in [-0.3, -0.25) is 9.79 Å². The van der Waals surface area contributed by atoms with Crippen molar-refractivity contribution in [1.82, 2.24) is 15.5 Å². The molecule has 4 aliphatic heterocycles. The number of fused-ring (bicyclic) bond motifs is 5. The topological polar surface area (TPSA) is 100 Å². The van der Waals surface area contributed by atoms with Crippen LogP contribution in [0, 0.1) is 11.8 Å². The molecule has 10 heteroatoms. The van der Waals surface area contributed by atoms with Crippen LogP contribution in [0.5, 0.6) is 0 Å². The second kappa shape index (κ2) is 9.03. The number of aliphatic imine (C=N–C) groups is 1. The Hall–Kier alpha value is -0.620.